The molecular weight excluding hydrogens is 134 g/mol. The van der Waals surface area contributed by atoms with Crippen molar-refractivity contribution < 1.29 is 14.7 Å². The fraction of sp³-hybridized carbons (Fsp3) is 0.667. The lowest BCUT2D eigenvalue weighted by atomic mass is 10.2. The lowest BCUT2D eigenvalue weighted by Gasteiger charge is -2.00. The Morgan fingerprint density at radius 2 is 2.50 bits per heavy atom. The Hall–Kier alpha value is -0.900. The van der Waals surface area contributed by atoms with Crippen molar-refractivity contribution in [3.05, 3.63) is 0 Å². The summed E-state index contributed by atoms with van der Waals surface area (Å²) in [6, 6.07) is 0. The monoisotopic (exact) mass is 143 g/mol. The molecule has 0 radical (unpaired) electrons. The van der Waals surface area contributed by atoms with Crippen molar-refractivity contribution in [1.29, 1.82) is 0 Å². The van der Waals surface area contributed by atoms with E-state index >= 15 is 0 Å². The molecule has 0 saturated heterocycles. The molecule has 0 heterocycles. The first kappa shape index (κ1) is 7.21. The molecule has 0 aromatic heterocycles. The van der Waals surface area contributed by atoms with Crippen LogP contribution >= 0.6 is 0 Å². The number of aldehydes is 1. The standard InChI is InChI=1S/C6H9NO3/c7-6(5(9)10)3-4(6)1-2-8/h2,4H,1,3,7H2,(H,9,10). The van der Waals surface area contributed by atoms with Crippen LogP contribution in [0.3, 0.4) is 0 Å². The SMILES string of the molecule is NC1(C(=O)O)CC1CC=O. The number of aliphatic carboxylic acids is 1. The lowest BCUT2D eigenvalue weighted by molar-refractivity contribution is -0.140. The second-order valence-electron chi connectivity index (χ2n) is 2.65. The van der Waals surface area contributed by atoms with Gasteiger partial charge in [-0.15, -0.1) is 0 Å². The van der Waals surface area contributed by atoms with Gasteiger partial charge in [-0.2, -0.15) is 0 Å². The van der Waals surface area contributed by atoms with E-state index in [4.69, 9.17) is 10.8 Å². The van der Waals surface area contributed by atoms with Gasteiger partial charge in [0.05, 0.1) is 0 Å². The molecule has 2 atom stereocenters. The van der Waals surface area contributed by atoms with E-state index in [1.165, 1.54) is 0 Å². The maximum atomic E-state index is 10.3. The predicted molar refractivity (Wildman–Crippen MR) is 33.3 cm³/mol. The zero-order chi connectivity index (χ0) is 7.78. The maximum absolute atomic E-state index is 10.3. The Morgan fingerprint density at radius 1 is 1.90 bits per heavy atom. The quantitative estimate of drug-likeness (QED) is 0.516. The van der Waals surface area contributed by atoms with Gasteiger partial charge >= 0.3 is 5.97 Å². The fourth-order valence-corrected chi connectivity index (χ4v) is 1.02. The Labute approximate surface area is 58.0 Å². The van der Waals surface area contributed by atoms with Crippen LogP contribution < -0.4 is 5.73 Å². The molecule has 4 heteroatoms. The van der Waals surface area contributed by atoms with E-state index in [-0.39, 0.29) is 12.3 Å². The first-order valence-electron chi connectivity index (χ1n) is 3.07. The van der Waals surface area contributed by atoms with Crippen molar-refractivity contribution in [2.45, 2.75) is 18.4 Å². The van der Waals surface area contributed by atoms with Gasteiger partial charge in [0.25, 0.3) is 0 Å². The fourth-order valence-electron chi connectivity index (χ4n) is 1.02. The van der Waals surface area contributed by atoms with Gasteiger partial charge < -0.3 is 15.6 Å². The number of carbonyl (C=O) groups excluding carboxylic acids is 1. The molecule has 1 fully saturated rings. The summed E-state index contributed by atoms with van der Waals surface area (Å²) in [5.74, 6) is -1.14. The molecule has 1 aliphatic rings. The van der Waals surface area contributed by atoms with E-state index in [1.54, 1.807) is 0 Å². The summed E-state index contributed by atoms with van der Waals surface area (Å²) in [4.78, 5) is 20.2. The van der Waals surface area contributed by atoms with Crippen molar-refractivity contribution in [2.75, 3.05) is 0 Å². The minimum Gasteiger partial charge on any atom is -0.480 e. The van der Waals surface area contributed by atoms with Crippen LogP contribution in [0, 0.1) is 5.92 Å². The van der Waals surface area contributed by atoms with Crippen LogP contribution in [0.25, 0.3) is 0 Å². The number of hydrogen-bond donors (Lipinski definition) is 2. The second kappa shape index (κ2) is 2.05. The molecule has 3 N–H and O–H groups in total. The third-order valence-electron chi connectivity index (χ3n) is 1.93. The molecule has 1 aliphatic carbocycles. The maximum Gasteiger partial charge on any atom is 0.323 e. The Kier molecular flexibility index (Phi) is 1.48. The highest BCUT2D eigenvalue weighted by atomic mass is 16.4. The number of nitrogens with two attached hydrogens (primary N) is 1. The third kappa shape index (κ3) is 0.903. The van der Waals surface area contributed by atoms with Crippen molar-refractivity contribution in [3.63, 3.8) is 0 Å². The summed E-state index contributed by atoms with van der Waals surface area (Å²) in [5.41, 5.74) is 4.26. The van der Waals surface area contributed by atoms with Gasteiger partial charge in [-0.3, -0.25) is 4.79 Å². The first-order valence-corrected chi connectivity index (χ1v) is 3.07. The molecule has 0 aromatic carbocycles. The molecule has 4 nitrogen and oxygen atoms in total. The van der Waals surface area contributed by atoms with E-state index in [9.17, 15) is 9.59 Å². The first-order chi connectivity index (χ1) is 4.61. The van der Waals surface area contributed by atoms with E-state index in [0.717, 1.165) is 0 Å². The van der Waals surface area contributed by atoms with E-state index in [0.29, 0.717) is 12.7 Å². The number of hydrogen-bond acceptors (Lipinski definition) is 3. The van der Waals surface area contributed by atoms with Gasteiger partial charge in [-0.25, -0.2) is 0 Å². The van der Waals surface area contributed by atoms with Gasteiger partial charge in [-0.05, 0) is 12.3 Å². The predicted octanol–water partition coefficient (Wildman–Crippen LogP) is -0.623. The largest absolute Gasteiger partial charge is 0.480 e. The number of carboxylic acids is 1. The van der Waals surface area contributed by atoms with Crippen LogP contribution in [0.1, 0.15) is 12.8 Å². The third-order valence-corrected chi connectivity index (χ3v) is 1.93. The highest BCUT2D eigenvalue weighted by molar-refractivity contribution is 5.83. The summed E-state index contributed by atoms with van der Waals surface area (Å²) in [6.07, 6.45) is 1.41. The van der Waals surface area contributed by atoms with Gasteiger partial charge in [0.15, 0.2) is 0 Å². The molecular formula is C6H9NO3. The minimum atomic E-state index is -1.10. The molecule has 10 heavy (non-hydrogen) atoms. The molecule has 0 aromatic rings. The number of rotatable bonds is 3. The lowest BCUT2D eigenvalue weighted by Crippen LogP contribution is -2.35. The van der Waals surface area contributed by atoms with Crippen molar-refractivity contribution in [1.82, 2.24) is 0 Å². The summed E-state index contributed by atoms with van der Waals surface area (Å²) in [7, 11) is 0. The van der Waals surface area contributed by atoms with Crippen molar-refractivity contribution in [2.24, 2.45) is 11.7 Å². The van der Waals surface area contributed by atoms with Gasteiger partial charge in [-0.1, -0.05) is 0 Å². The van der Waals surface area contributed by atoms with Gasteiger partial charge in [0.2, 0.25) is 0 Å². The number of carboxylic acid groups (broad SMARTS) is 1. The minimum absolute atomic E-state index is 0.137. The zero-order valence-electron chi connectivity index (χ0n) is 5.41. The summed E-state index contributed by atoms with van der Waals surface area (Å²) < 4.78 is 0. The van der Waals surface area contributed by atoms with Crippen molar-refractivity contribution in [3.8, 4) is 0 Å². The van der Waals surface area contributed by atoms with Crippen LogP contribution in [0.2, 0.25) is 0 Å². The molecule has 56 valence electrons. The molecule has 0 aliphatic heterocycles. The van der Waals surface area contributed by atoms with Crippen LogP contribution in [0.5, 0.6) is 0 Å². The van der Waals surface area contributed by atoms with Crippen LogP contribution in [-0.2, 0) is 9.59 Å². The zero-order valence-corrected chi connectivity index (χ0v) is 5.41. The number of carbonyl (C=O) groups is 2. The van der Waals surface area contributed by atoms with Crippen LogP contribution in [0.15, 0.2) is 0 Å². The molecule has 1 rings (SSSR count). The smallest absolute Gasteiger partial charge is 0.323 e. The molecule has 0 spiro atoms. The highest BCUT2D eigenvalue weighted by Crippen LogP contribution is 2.42. The topological polar surface area (TPSA) is 80.4 Å². The van der Waals surface area contributed by atoms with E-state index < -0.39 is 11.5 Å². The summed E-state index contributed by atoms with van der Waals surface area (Å²) >= 11 is 0. The Balaban J connectivity index is 2.48. The average Bonchev–Trinajstić information content (AvgIpc) is 2.45. The van der Waals surface area contributed by atoms with Gasteiger partial charge in [0.1, 0.15) is 11.8 Å². The Morgan fingerprint density at radius 3 is 2.80 bits per heavy atom. The van der Waals surface area contributed by atoms with E-state index in [1.807, 2.05) is 0 Å². The van der Waals surface area contributed by atoms with Crippen molar-refractivity contribution >= 4 is 12.3 Å². The summed E-state index contributed by atoms with van der Waals surface area (Å²) in [5, 5.41) is 8.47. The molecule has 0 bridgehead atoms. The highest BCUT2D eigenvalue weighted by Gasteiger charge is 2.56. The normalized spacial score (nSPS) is 37.1. The van der Waals surface area contributed by atoms with Gasteiger partial charge in [0, 0.05) is 6.42 Å². The second-order valence-corrected chi connectivity index (χ2v) is 2.65. The molecule has 0 amide bonds. The summed E-state index contributed by atoms with van der Waals surface area (Å²) in [6.45, 7) is 0. The molecule has 2 unspecified atom stereocenters. The Bertz CT molecular complexity index is 180. The van der Waals surface area contributed by atoms with E-state index in [2.05, 4.69) is 0 Å². The van der Waals surface area contributed by atoms with Crippen LogP contribution in [0.4, 0.5) is 0 Å². The van der Waals surface area contributed by atoms with Crippen LogP contribution in [-0.4, -0.2) is 22.9 Å². The molecule has 1 saturated carbocycles. The average molecular weight is 143 g/mol.